The molecular formula is C20H23F2N3. The molecule has 3 aliphatic rings. The Kier molecular flexibility index (Phi) is 4.20. The number of pyridine rings is 1. The lowest BCUT2D eigenvalue weighted by Gasteiger charge is -2.50. The van der Waals surface area contributed by atoms with E-state index in [1.165, 1.54) is 25.9 Å². The van der Waals surface area contributed by atoms with Crippen molar-refractivity contribution in [3.8, 4) is 11.1 Å². The van der Waals surface area contributed by atoms with E-state index < -0.39 is 11.6 Å². The molecule has 3 nitrogen and oxygen atoms in total. The first kappa shape index (κ1) is 16.5. The second kappa shape index (κ2) is 6.37. The summed E-state index contributed by atoms with van der Waals surface area (Å²) in [6.45, 7) is 6.20. The van der Waals surface area contributed by atoms with Gasteiger partial charge in [0.1, 0.15) is 5.82 Å². The van der Waals surface area contributed by atoms with Crippen LogP contribution < -0.4 is 5.32 Å². The molecule has 1 aromatic carbocycles. The van der Waals surface area contributed by atoms with Gasteiger partial charge in [0, 0.05) is 29.4 Å². The van der Waals surface area contributed by atoms with Gasteiger partial charge < -0.3 is 5.32 Å². The largest absolute Gasteiger partial charge is 0.365 e. The molecule has 3 fully saturated rings. The fraction of sp³-hybridized carbons (Fsp3) is 0.450. The topological polar surface area (TPSA) is 28.2 Å². The fourth-order valence-electron chi connectivity index (χ4n) is 4.22. The molecule has 0 amide bonds. The van der Waals surface area contributed by atoms with E-state index >= 15 is 0 Å². The molecule has 132 valence electrons. The minimum Gasteiger partial charge on any atom is -0.365 e. The number of nitrogens with zero attached hydrogens (tertiary/aromatic N) is 2. The van der Waals surface area contributed by atoms with Gasteiger partial charge >= 0.3 is 0 Å². The van der Waals surface area contributed by atoms with Crippen LogP contribution in [0.1, 0.15) is 25.3 Å². The highest BCUT2D eigenvalue weighted by Gasteiger charge is 2.39. The lowest BCUT2D eigenvalue weighted by atomic mass is 9.79. The minimum absolute atomic E-state index is 0.248. The summed E-state index contributed by atoms with van der Waals surface area (Å²) >= 11 is 0. The number of hydrogen-bond acceptors (Lipinski definition) is 3. The predicted molar refractivity (Wildman–Crippen MR) is 95.5 cm³/mol. The van der Waals surface area contributed by atoms with Crippen LogP contribution in [0.5, 0.6) is 0 Å². The van der Waals surface area contributed by atoms with Gasteiger partial charge in [0.05, 0.1) is 0 Å². The third kappa shape index (κ3) is 2.91. The van der Waals surface area contributed by atoms with E-state index in [0.717, 1.165) is 5.82 Å². The summed E-state index contributed by atoms with van der Waals surface area (Å²) in [5.41, 5.74) is 1.14. The molecular weight excluding hydrogens is 320 g/mol. The average molecular weight is 343 g/mol. The zero-order valence-electron chi connectivity index (χ0n) is 14.6. The molecule has 0 radical (unpaired) electrons. The molecule has 2 atom stereocenters. The Balaban J connectivity index is 1.54. The van der Waals surface area contributed by atoms with Gasteiger partial charge in [0.2, 0.25) is 0 Å². The van der Waals surface area contributed by atoms with Crippen molar-refractivity contribution >= 4 is 5.82 Å². The number of aromatic nitrogens is 1. The van der Waals surface area contributed by atoms with Crippen LogP contribution in [-0.4, -0.2) is 35.1 Å². The highest BCUT2D eigenvalue weighted by Crippen LogP contribution is 2.34. The van der Waals surface area contributed by atoms with E-state index in [1.54, 1.807) is 31.3 Å². The Bertz CT molecular complexity index is 765. The number of piperidine rings is 3. The van der Waals surface area contributed by atoms with E-state index in [4.69, 9.17) is 0 Å². The van der Waals surface area contributed by atoms with E-state index in [-0.39, 0.29) is 5.56 Å². The van der Waals surface area contributed by atoms with Gasteiger partial charge in [0.25, 0.3) is 0 Å². The van der Waals surface area contributed by atoms with Crippen LogP contribution in [0.3, 0.4) is 0 Å². The standard InChI is InChI=1S/C20H23F2N3/c1-12-3-5-16(19(22)18(12)21)15-4-6-17(23-11-15)24-20-13(2)25-9-7-14(20)8-10-25/h3-6,11,13-14,20H,7-10H2,1-2H3,(H,23,24). The van der Waals surface area contributed by atoms with Crippen LogP contribution in [0, 0.1) is 24.5 Å². The van der Waals surface area contributed by atoms with Crippen molar-refractivity contribution in [1.29, 1.82) is 0 Å². The summed E-state index contributed by atoms with van der Waals surface area (Å²) in [5, 5.41) is 3.56. The molecule has 5 rings (SSSR count). The maximum Gasteiger partial charge on any atom is 0.166 e. The maximum atomic E-state index is 14.2. The monoisotopic (exact) mass is 343 g/mol. The molecule has 3 saturated heterocycles. The molecule has 2 unspecified atom stereocenters. The Labute approximate surface area is 147 Å². The second-order valence-corrected chi connectivity index (χ2v) is 7.27. The summed E-state index contributed by atoms with van der Waals surface area (Å²) in [6, 6.07) is 7.75. The molecule has 1 aromatic heterocycles. The number of rotatable bonds is 3. The van der Waals surface area contributed by atoms with Gasteiger partial charge in [-0.2, -0.15) is 0 Å². The summed E-state index contributed by atoms with van der Waals surface area (Å²) in [4.78, 5) is 6.97. The van der Waals surface area contributed by atoms with Crippen LogP contribution in [-0.2, 0) is 0 Å². The zero-order chi connectivity index (χ0) is 17.6. The van der Waals surface area contributed by atoms with Crippen molar-refractivity contribution in [2.24, 2.45) is 5.92 Å². The van der Waals surface area contributed by atoms with Gasteiger partial charge in [0.15, 0.2) is 11.6 Å². The van der Waals surface area contributed by atoms with E-state index in [2.05, 4.69) is 22.1 Å². The molecule has 2 aromatic rings. The van der Waals surface area contributed by atoms with E-state index in [0.29, 0.717) is 29.1 Å². The molecule has 0 saturated carbocycles. The number of hydrogen-bond donors (Lipinski definition) is 1. The predicted octanol–water partition coefficient (Wildman–Crippen LogP) is 4.23. The van der Waals surface area contributed by atoms with Crippen LogP contribution in [0.2, 0.25) is 0 Å². The first-order chi connectivity index (χ1) is 12.0. The SMILES string of the molecule is Cc1ccc(-c2ccc(NC3C4CCN(CC4)C3C)nc2)c(F)c1F. The molecule has 2 bridgehead atoms. The molecule has 4 heterocycles. The summed E-state index contributed by atoms with van der Waals surface area (Å²) in [5.74, 6) is -0.123. The van der Waals surface area contributed by atoms with Crippen molar-refractivity contribution in [2.45, 2.75) is 38.8 Å². The van der Waals surface area contributed by atoms with Gasteiger partial charge in [-0.25, -0.2) is 13.8 Å². The first-order valence-corrected chi connectivity index (χ1v) is 8.96. The van der Waals surface area contributed by atoms with Gasteiger partial charge in [-0.3, -0.25) is 4.90 Å². The average Bonchev–Trinajstić information content (AvgIpc) is 2.64. The van der Waals surface area contributed by atoms with Crippen LogP contribution in [0.4, 0.5) is 14.6 Å². The van der Waals surface area contributed by atoms with Gasteiger partial charge in [-0.1, -0.05) is 12.1 Å². The van der Waals surface area contributed by atoms with Crippen LogP contribution >= 0.6 is 0 Å². The van der Waals surface area contributed by atoms with Gasteiger partial charge in [-0.05, 0) is 63.4 Å². The molecule has 0 aliphatic carbocycles. The molecule has 3 aliphatic heterocycles. The highest BCUT2D eigenvalue weighted by molar-refractivity contribution is 5.65. The van der Waals surface area contributed by atoms with Gasteiger partial charge in [-0.15, -0.1) is 0 Å². The van der Waals surface area contributed by atoms with Crippen LogP contribution in [0.25, 0.3) is 11.1 Å². The smallest absolute Gasteiger partial charge is 0.166 e. The summed E-state index contributed by atoms with van der Waals surface area (Å²) in [7, 11) is 0. The third-order valence-corrected chi connectivity index (χ3v) is 5.84. The fourth-order valence-corrected chi connectivity index (χ4v) is 4.22. The van der Waals surface area contributed by atoms with Crippen molar-refractivity contribution in [3.05, 3.63) is 47.7 Å². The number of fused-ring (bicyclic) bond motifs is 3. The quantitative estimate of drug-likeness (QED) is 0.904. The second-order valence-electron chi connectivity index (χ2n) is 7.27. The Morgan fingerprint density at radius 3 is 2.48 bits per heavy atom. The third-order valence-electron chi connectivity index (χ3n) is 5.84. The lowest BCUT2D eigenvalue weighted by Crippen LogP contribution is -2.59. The maximum absolute atomic E-state index is 14.2. The molecule has 25 heavy (non-hydrogen) atoms. The number of anilines is 1. The molecule has 5 heteroatoms. The van der Waals surface area contributed by atoms with Crippen molar-refractivity contribution in [1.82, 2.24) is 9.88 Å². The number of halogens is 2. The van der Waals surface area contributed by atoms with E-state index in [9.17, 15) is 8.78 Å². The minimum atomic E-state index is -0.812. The van der Waals surface area contributed by atoms with Crippen molar-refractivity contribution in [2.75, 3.05) is 18.4 Å². The highest BCUT2D eigenvalue weighted by atomic mass is 19.2. The van der Waals surface area contributed by atoms with E-state index in [1.807, 2.05) is 6.07 Å². The Hall–Kier alpha value is -2.01. The lowest BCUT2D eigenvalue weighted by molar-refractivity contribution is 0.0457. The van der Waals surface area contributed by atoms with Crippen LogP contribution in [0.15, 0.2) is 30.5 Å². The number of benzene rings is 1. The summed E-state index contributed by atoms with van der Waals surface area (Å²) < 4.78 is 27.9. The number of nitrogens with one attached hydrogen (secondary N) is 1. The number of aryl methyl sites for hydroxylation is 1. The van der Waals surface area contributed by atoms with Crippen molar-refractivity contribution in [3.63, 3.8) is 0 Å². The summed E-state index contributed by atoms with van der Waals surface area (Å²) in [6.07, 6.45) is 4.07. The van der Waals surface area contributed by atoms with Crippen molar-refractivity contribution < 1.29 is 8.78 Å². The normalized spacial score (nSPS) is 28.2. The molecule has 0 spiro atoms. The zero-order valence-corrected chi connectivity index (χ0v) is 14.6. The molecule has 1 N–H and O–H groups in total. The Morgan fingerprint density at radius 2 is 1.84 bits per heavy atom. The first-order valence-electron chi connectivity index (χ1n) is 8.96. The Morgan fingerprint density at radius 1 is 1.08 bits per heavy atom.